The molecule has 0 radical (unpaired) electrons. The number of likely N-dealkylation sites (tertiary alicyclic amines) is 1. The van der Waals surface area contributed by atoms with Crippen molar-refractivity contribution in [2.75, 3.05) is 13.1 Å². The van der Waals surface area contributed by atoms with Crippen LogP contribution in [0.25, 0.3) is 11.3 Å². The summed E-state index contributed by atoms with van der Waals surface area (Å²) in [5.41, 5.74) is 2.71. The lowest BCUT2D eigenvalue weighted by atomic mass is 9.94. The van der Waals surface area contributed by atoms with Crippen molar-refractivity contribution in [3.05, 3.63) is 78.8 Å². The summed E-state index contributed by atoms with van der Waals surface area (Å²) in [7, 11) is 0. The van der Waals surface area contributed by atoms with Gasteiger partial charge in [-0.1, -0.05) is 18.7 Å². The number of amides is 1. The fraction of sp³-hybridized carbons (Fsp3) is 0.261. The van der Waals surface area contributed by atoms with Gasteiger partial charge < -0.3 is 9.64 Å². The Labute approximate surface area is 188 Å². The van der Waals surface area contributed by atoms with Crippen LogP contribution in [0.5, 0.6) is 5.75 Å². The second kappa shape index (κ2) is 9.35. The first kappa shape index (κ1) is 22.4. The number of alkyl halides is 3. The molecule has 7 nitrogen and oxygen atoms in total. The fourth-order valence-electron chi connectivity index (χ4n) is 3.56. The molecule has 0 unspecified atom stereocenters. The zero-order valence-electron chi connectivity index (χ0n) is 17.5. The summed E-state index contributed by atoms with van der Waals surface area (Å²) in [5, 5.41) is 0. The van der Waals surface area contributed by atoms with Gasteiger partial charge in [-0.15, -0.1) is 13.2 Å². The average Bonchev–Trinajstić information content (AvgIpc) is 2.75. The van der Waals surface area contributed by atoms with Crippen LogP contribution < -0.4 is 4.74 Å². The van der Waals surface area contributed by atoms with Crippen LogP contribution in [0, 0.1) is 5.92 Å². The maximum atomic E-state index is 12.4. The number of carbonyl (C=O) groups is 1. The maximum absolute atomic E-state index is 12.4. The largest absolute Gasteiger partial charge is 0.573 e. The molecule has 3 heterocycles. The van der Waals surface area contributed by atoms with E-state index in [-0.39, 0.29) is 18.1 Å². The lowest BCUT2D eigenvalue weighted by Crippen LogP contribution is -2.50. The first-order valence-electron chi connectivity index (χ1n) is 10.2. The quantitative estimate of drug-likeness (QED) is 0.507. The minimum Gasteiger partial charge on any atom is -0.406 e. The van der Waals surface area contributed by atoms with Gasteiger partial charge >= 0.3 is 6.36 Å². The van der Waals surface area contributed by atoms with Crippen molar-refractivity contribution in [3.63, 3.8) is 0 Å². The van der Waals surface area contributed by atoms with E-state index >= 15 is 0 Å². The Kier molecular flexibility index (Phi) is 6.34. The third-order valence-electron chi connectivity index (χ3n) is 5.12. The topological polar surface area (TPSA) is 81.1 Å². The standard InChI is InChI=1S/C23H20F3N5O2/c1-2-22(32)31-13-16(14-31)6-18-11-27-12-20(30-18)17-9-28-21(29-10-17)8-15-4-3-5-19(7-15)33-23(24,25)26/h2-5,7,9-12,16H,1,6,8,13-14H2. The first-order valence-corrected chi connectivity index (χ1v) is 10.2. The fourth-order valence-corrected chi connectivity index (χ4v) is 3.56. The normalized spacial score (nSPS) is 14.0. The van der Waals surface area contributed by atoms with Gasteiger partial charge in [0.2, 0.25) is 5.91 Å². The summed E-state index contributed by atoms with van der Waals surface area (Å²) in [6.45, 7) is 4.83. The highest BCUT2D eigenvalue weighted by Crippen LogP contribution is 2.24. The van der Waals surface area contributed by atoms with E-state index in [1.54, 1.807) is 35.8 Å². The summed E-state index contributed by atoms with van der Waals surface area (Å²) < 4.78 is 41.2. The van der Waals surface area contributed by atoms with Crippen LogP contribution in [0.4, 0.5) is 13.2 Å². The van der Waals surface area contributed by atoms with Crippen LogP contribution in [0.15, 0.2) is 61.7 Å². The van der Waals surface area contributed by atoms with Gasteiger partial charge in [0.05, 0.1) is 17.6 Å². The molecule has 1 amide bonds. The number of rotatable bonds is 7. The molecule has 4 rings (SSSR count). The highest BCUT2D eigenvalue weighted by molar-refractivity contribution is 5.87. The molecule has 0 spiro atoms. The molecule has 0 aliphatic carbocycles. The Morgan fingerprint density at radius 1 is 1.18 bits per heavy atom. The summed E-state index contributed by atoms with van der Waals surface area (Å²) in [6.07, 6.45) is 4.07. The molecule has 0 saturated carbocycles. The monoisotopic (exact) mass is 455 g/mol. The van der Waals surface area contributed by atoms with E-state index < -0.39 is 6.36 Å². The summed E-state index contributed by atoms with van der Waals surface area (Å²) in [4.78, 5) is 30.8. The highest BCUT2D eigenvalue weighted by atomic mass is 19.4. The number of ether oxygens (including phenoxy) is 1. The second-order valence-electron chi connectivity index (χ2n) is 7.67. The predicted molar refractivity (Wildman–Crippen MR) is 113 cm³/mol. The van der Waals surface area contributed by atoms with E-state index in [2.05, 4.69) is 31.3 Å². The molecule has 1 saturated heterocycles. The van der Waals surface area contributed by atoms with E-state index in [0.29, 0.717) is 48.1 Å². The summed E-state index contributed by atoms with van der Waals surface area (Å²) >= 11 is 0. The Hall–Kier alpha value is -3.82. The Morgan fingerprint density at radius 3 is 2.64 bits per heavy atom. The molecule has 1 aliphatic heterocycles. The Bertz CT molecular complexity index is 1150. The van der Waals surface area contributed by atoms with E-state index in [4.69, 9.17) is 0 Å². The number of benzene rings is 1. The number of hydrogen-bond acceptors (Lipinski definition) is 6. The maximum Gasteiger partial charge on any atom is 0.573 e. The molecule has 1 aromatic carbocycles. The SMILES string of the molecule is C=CC(=O)N1CC(Cc2cncc(-c3cnc(Cc4cccc(OC(F)(F)F)c4)nc3)n2)C1. The zero-order valence-corrected chi connectivity index (χ0v) is 17.5. The first-order chi connectivity index (χ1) is 15.8. The summed E-state index contributed by atoms with van der Waals surface area (Å²) in [6, 6.07) is 5.72. The smallest absolute Gasteiger partial charge is 0.406 e. The van der Waals surface area contributed by atoms with Crippen LogP contribution in [0.1, 0.15) is 17.1 Å². The molecule has 2 aromatic heterocycles. The van der Waals surface area contributed by atoms with Crippen LogP contribution >= 0.6 is 0 Å². The van der Waals surface area contributed by atoms with Crippen molar-refractivity contribution in [1.29, 1.82) is 0 Å². The van der Waals surface area contributed by atoms with Gasteiger partial charge in [0.25, 0.3) is 0 Å². The van der Waals surface area contributed by atoms with E-state index in [1.165, 1.54) is 24.3 Å². The Morgan fingerprint density at radius 2 is 1.94 bits per heavy atom. The minimum atomic E-state index is -4.74. The molecule has 10 heteroatoms. The third-order valence-corrected chi connectivity index (χ3v) is 5.12. The molecule has 0 atom stereocenters. The average molecular weight is 455 g/mol. The van der Waals surface area contributed by atoms with Gasteiger partial charge in [-0.3, -0.25) is 9.78 Å². The third kappa shape index (κ3) is 5.91. The predicted octanol–water partition coefficient (Wildman–Crippen LogP) is 3.61. The van der Waals surface area contributed by atoms with Crippen molar-refractivity contribution in [3.8, 4) is 17.0 Å². The highest BCUT2D eigenvalue weighted by Gasteiger charge is 2.31. The number of carbonyl (C=O) groups excluding carboxylic acids is 1. The van der Waals surface area contributed by atoms with Crippen molar-refractivity contribution >= 4 is 5.91 Å². The van der Waals surface area contributed by atoms with Gasteiger partial charge in [0.15, 0.2) is 0 Å². The van der Waals surface area contributed by atoms with Crippen molar-refractivity contribution in [1.82, 2.24) is 24.8 Å². The number of halogens is 3. The zero-order chi connectivity index (χ0) is 23.4. The molecular weight excluding hydrogens is 435 g/mol. The molecular formula is C23H20F3N5O2. The molecule has 170 valence electrons. The van der Waals surface area contributed by atoms with E-state index in [0.717, 1.165) is 5.69 Å². The van der Waals surface area contributed by atoms with Crippen molar-refractivity contribution < 1.29 is 22.7 Å². The van der Waals surface area contributed by atoms with Gasteiger partial charge in [-0.25, -0.2) is 15.0 Å². The van der Waals surface area contributed by atoms with Gasteiger partial charge in [-0.05, 0) is 36.1 Å². The number of nitrogens with zero attached hydrogens (tertiary/aromatic N) is 5. The lowest BCUT2D eigenvalue weighted by Gasteiger charge is -2.38. The van der Waals surface area contributed by atoms with E-state index in [9.17, 15) is 18.0 Å². The molecule has 1 aliphatic rings. The minimum absolute atomic E-state index is 0.0667. The van der Waals surface area contributed by atoms with Crippen molar-refractivity contribution in [2.45, 2.75) is 19.2 Å². The number of aromatic nitrogens is 4. The molecule has 3 aromatic rings. The van der Waals surface area contributed by atoms with Gasteiger partial charge in [0, 0.05) is 43.7 Å². The molecule has 0 bridgehead atoms. The van der Waals surface area contributed by atoms with Crippen LogP contribution in [0.3, 0.4) is 0 Å². The van der Waals surface area contributed by atoms with Gasteiger partial charge in [0.1, 0.15) is 11.6 Å². The van der Waals surface area contributed by atoms with Gasteiger partial charge in [-0.2, -0.15) is 0 Å². The molecule has 0 N–H and O–H groups in total. The van der Waals surface area contributed by atoms with Crippen molar-refractivity contribution in [2.24, 2.45) is 5.92 Å². The lowest BCUT2D eigenvalue weighted by molar-refractivity contribution is -0.274. The second-order valence-corrected chi connectivity index (χ2v) is 7.67. The van der Waals surface area contributed by atoms with Crippen LogP contribution in [-0.4, -0.2) is 50.2 Å². The summed E-state index contributed by atoms with van der Waals surface area (Å²) in [5.74, 6) is 0.428. The molecule has 33 heavy (non-hydrogen) atoms. The Balaban J connectivity index is 1.39. The van der Waals surface area contributed by atoms with E-state index in [1.807, 2.05) is 0 Å². The van der Waals surface area contributed by atoms with Crippen LogP contribution in [-0.2, 0) is 17.6 Å². The van der Waals surface area contributed by atoms with Crippen LogP contribution in [0.2, 0.25) is 0 Å². The number of hydrogen-bond donors (Lipinski definition) is 0. The molecule has 1 fully saturated rings.